The zero-order valence-corrected chi connectivity index (χ0v) is 21.0. The van der Waals surface area contributed by atoms with Gasteiger partial charge >= 0.3 is 5.97 Å². The number of nitrogens with one attached hydrogen (secondary N) is 3. The van der Waals surface area contributed by atoms with Gasteiger partial charge in [0.25, 0.3) is 11.8 Å². The van der Waals surface area contributed by atoms with Crippen LogP contribution in [-0.4, -0.2) is 42.7 Å². The topological polar surface area (TPSA) is 115 Å². The minimum absolute atomic E-state index is 0.0830. The van der Waals surface area contributed by atoms with Crippen LogP contribution in [0.25, 0.3) is 0 Å². The van der Waals surface area contributed by atoms with Crippen molar-refractivity contribution in [3.63, 3.8) is 0 Å². The highest BCUT2D eigenvalue weighted by Gasteiger charge is 2.10. The fraction of sp³-hybridized carbons (Fsp3) is 0.185. The lowest BCUT2D eigenvalue weighted by Gasteiger charge is -2.12. The van der Waals surface area contributed by atoms with Crippen LogP contribution in [0.15, 0.2) is 78.9 Å². The first-order chi connectivity index (χ1) is 17.9. The van der Waals surface area contributed by atoms with Gasteiger partial charge in [-0.2, -0.15) is 0 Å². The third-order valence-electron chi connectivity index (χ3n) is 4.90. The molecule has 37 heavy (non-hydrogen) atoms. The van der Waals surface area contributed by atoms with Crippen LogP contribution in [0.5, 0.6) is 11.5 Å². The van der Waals surface area contributed by atoms with E-state index in [1.165, 1.54) is 17.7 Å². The summed E-state index contributed by atoms with van der Waals surface area (Å²) < 4.78 is 16.0. The Morgan fingerprint density at radius 1 is 0.784 bits per heavy atom. The zero-order valence-electron chi connectivity index (χ0n) is 20.2. The van der Waals surface area contributed by atoms with E-state index in [1.807, 2.05) is 30.3 Å². The van der Waals surface area contributed by atoms with Crippen LogP contribution in [-0.2, 0) is 16.0 Å². The molecule has 3 aromatic carbocycles. The van der Waals surface area contributed by atoms with Gasteiger partial charge in [0.2, 0.25) is 0 Å². The molecular weight excluding hydrogens is 494 g/mol. The predicted octanol–water partition coefficient (Wildman–Crippen LogP) is 3.20. The van der Waals surface area contributed by atoms with Crippen molar-refractivity contribution in [1.82, 2.24) is 16.2 Å². The molecule has 10 heteroatoms. The molecule has 0 aromatic heterocycles. The van der Waals surface area contributed by atoms with E-state index in [0.29, 0.717) is 29.2 Å². The molecule has 0 unspecified atom stereocenters. The van der Waals surface area contributed by atoms with Gasteiger partial charge in [0.1, 0.15) is 11.5 Å². The number of benzene rings is 3. The third-order valence-corrected chi connectivity index (χ3v) is 5.10. The summed E-state index contributed by atoms with van der Waals surface area (Å²) in [6, 6.07) is 22.8. The summed E-state index contributed by atoms with van der Waals surface area (Å²) in [5.74, 6) is -0.360. The van der Waals surface area contributed by atoms with E-state index in [1.54, 1.807) is 43.3 Å². The first-order valence-electron chi connectivity index (χ1n) is 11.5. The van der Waals surface area contributed by atoms with Crippen LogP contribution in [0.3, 0.4) is 0 Å². The Morgan fingerprint density at radius 3 is 2.05 bits per heavy atom. The van der Waals surface area contributed by atoms with Crippen molar-refractivity contribution in [1.29, 1.82) is 0 Å². The molecule has 0 fully saturated rings. The van der Waals surface area contributed by atoms with Crippen molar-refractivity contribution < 1.29 is 28.6 Å². The molecule has 3 rings (SSSR count). The number of ether oxygens (including phenoxy) is 3. The highest BCUT2D eigenvalue weighted by atomic mass is 32.1. The number of carbonyl (C=O) groups excluding carboxylic acids is 3. The monoisotopic (exact) mass is 521 g/mol. The summed E-state index contributed by atoms with van der Waals surface area (Å²) in [5.41, 5.74) is 6.72. The van der Waals surface area contributed by atoms with Crippen molar-refractivity contribution in [3.05, 3.63) is 95.6 Å². The van der Waals surface area contributed by atoms with Crippen molar-refractivity contribution in [3.8, 4) is 11.5 Å². The number of amides is 2. The van der Waals surface area contributed by atoms with Crippen LogP contribution in [0.2, 0.25) is 0 Å². The fourth-order valence-corrected chi connectivity index (χ4v) is 3.20. The molecule has 0 radical (unpaired) electrons. The number of hydrogen-bond acceptors (Lipinski definition) is 7. The lowest BCUT2D eigenvalue weighted by molar-refractivity contribution is -0.123. The van der Waals surface area contributed by atoms with Crippen LogP contribution < -0.4 is 25.6 Å². The quantitative estimate of drug-likeness (QED) is 0.212. The fourth-order valence-electron chi connectivity index (χ4n) is 3.05. The molecule has 0 atom stereocenters. The van der Waals surface area contributed by atoms with E-state index in [9.17, 15) is 14.4 Å². The number of carbonyl (C=O) groups is 3. The van der Waals surface area contributed by atoms with Gasteiger partial charge in [0, 0.05) is 12.0 Å². The Hall–Kier alpha value is -4.44. The molecule has 192 valence electrons. The molecule has 0 heterocycles. The van der Waals surface area contributed by atoms with E-state index >= 15 is 0 Å². The van der Waals surface area contributed by atoms with E-state index < -0.39 is 17.8 Å². The van der Waals surface area contributed by atoms with Crippen molar-refractivity contribution in [2.75, 3.05) is 19.8 Å². The van der Waals surface area contributed by atoms with Gasteiger partial charge < -0.3 is 14.2 Å². The van der Waals surface area contributed by atoms with Crippen LogP contribution in [0, 0.1) is 0 Å². The van der Waals surface area contributed by atoms with Crippen molar-refractivity contribution in [2.45, 2.75) is 13.3 Å². The summed E-state index contributed by atoms with van der Waals surface area (Å²) in [5, 5.41) is 2.39. The van der Waals surface area contributed by atoms with Gasteiger partial charge in [-0.05, 0) is 73.2 Å². The lowest BCUT2D eigenvalue weighted by Crippen LogP contribution is -2.49. The number of hydrogen-bond donors (Lipinski definition) is 3. The highest BCUT2D eigenvalue weighted by molar-refractivity contribution is 7.80. The first kappa shape index (κ1) is 27.2. The molecule has 3 aromatic rings. The second kappa shape index (κ2) is 14.2. The molecule has 0 spiro atoms. The number of esters is 1. The van der Waals surface area contributed by atoms with Gasteiger partial charge in [-0.15, -0.1) is 0 Å². The third kappa shape index (κ3) is 9.26. The smallest absolute Gasteiger partial charge is 0.338 e. The molecule has 0 aliphatic rings. The minimum Gasteiger partial charge on any atom is -0.493 e. The van der Waals surface area contributed by atoms with Gasteiger partial charge in [0.05, 0.1) is 18.8 Å². The second-order valence-electron chi connectivity index (χ2n) is 7.60. The normalized spacial score (nSPS) is 10.1. The number of thiocarbonyl (C=S) groups is 1. The maximum atomic E-state index is 12.4. The first-order valence-corrected chi connectivity index (χ1v) is 11.9. The SMILES string of the molecule is CCOC(=O)c1ccc(OCC(=O)NNC(=S)NC(=O)c2ccc(OCCc3ccccc3)cc2)cc1. The van der Waals surface area contributed by atoms with Gasteiger partial charge in [0.15, 0.2) is 11.7 Å². The van der Waals surface area contributed by atoms with Gasteiger partial charge in [-0.25, -0.2) is 4.79 Å². The van der Waals surface area contributed by atoms with Gasteiger partial charge in [-0.1, -0.05) is 30.3 Å². The molecule has 3 N–H and O–H groups in total. The largest absolute Gasteiger partial charge is 0.493 e. The van der Waals surface area contributed by atoms with E-state index in [0.717, 1.165) is 6.42 Å². The number of rotatable bonds is 10. The molecule has 0 aliphatic heterocycles. The molecule has 2 amide bonds. The van der Waals surface area contributed by atoms with E-state index in [2.05, 4.69) is 16.2 Å². The van der Waals surface area contributed by atoms with E-state index in [4.69, 9.17) is 26.4 Å². The summed E-state index contributed by atoms with van der Waals surface area (Å²) in [6.45, 7) is 2.21. The average Bonchev–Trinajstić information content (AvgIpc) is 2.92. The van der Waals surface area contributed by atoms with Gasteiger partial charge in [-0.3, -0.25) is 25.8 Å². The Labute approximate surface area is 220 Å². The Bertz CT molecular complexity index is 1200. The predicted molar refractivity (Wildman–Crippen MR) is 141 cm³/mol. The standard InChI is InChI=1S/C27H27N3O6S/c1-2-34-26(33)21-10-14-23(15-11-21)36-18-24(31)29-30-27(37)28-25(32)20-8-12-22(13-9-20)35-17-16-19-6-4-3-5-7-19/h3-15H,2,16-18H2,1H3,(H,29,31)(H2,28,30,32,37). The van der Waals surface area contributed by atoms with E-state index in [-0.39, 0.29) is 18.3 Å². The summed E-state index contributed by atoms with van der Waals surface area (Å²) in [7, 11) is 0. The Balaban J connectivity index is 1.34. The summed E-state index contributed by atoms with van der Waals surface area (Å²) in [4.78, 5) is 36.0. The number of hydrazine groups is 1. The Kier molecular flexibility index (Phi) is 10.4. The molecule has 0 aliphatic carbocycles. The molecule has 0 saturated carbocycles. The molecular formula is C27H27N3O6S. The Morgan fingerprint density at radius 2 is 1.41 bits per heavy atom. The van der Waals surface area contributed by atoms with Crippen LogP contribution in [0.4, 0.5) is 0 Å². The average molecular weight is 522 g/mol. The molecule has 9 nitrogen and oxygen atoms in total. The molecule has 0 saturated heterocycles. The zero-order chi connectivity index (χ0) is 26.5. The maximum Gasteiger partial charge on any atom is 0.338 e. The van der Waals surface area contributed by atoms with Crippen molar-refractivity contribution in [2.24, 2.45) is 0 Å². The summed E-state index contributed by atoms with van der Waals surface area (Å²) in [6.07, 6.45) is 0.779. The highest BCUT2D eigenvalue weighted by Crippen LogP contribution is 2.14. The van der Waals surface area contributed by atoms with Crippen molar-refractivity contribution >= 4 is 35.1 Å². The lowest BCUT2D eigenvalue weighted by atomic mass is 10.2. The van der Waals surface area contributed by atoms with Crippen LogP contribution >= 0.6 is 12.2 Å². The minimum atomic E-state index is -0.525. The maximum absolute atomic E-state index is 12.4. The van der Waals surface area contributed by atoms with Crippen LogP contribution in [0.1, 0.15) is 33.2 Å². The molecule has 0 bridgehead atoms. The second-order valence-corrected chi connectivity index (χ2v) is 8.01. The summed E-state index contributed by atoms with van der Waals surface area (Å²) >= 11 is 5.05.